The molecule has 10 nitrogen and oxygen atoms in total. The number of nitrogens with zero attached hydrogens (tertiary/aromatic N) is 2. The first-order valence-corrected chi connectivity index (χ1v) is 10.2. The molecule has 184 valence electrons. The molecule has 2 aromatic rings. The van der Waals surface area contributed by atoms with Crippen molar-refractivity contribution >= 4 is 35.4 Å². The first-order valence-electron chi connectivity index (χ1n) is 10.2. The number of hydrazone groups is 1. The maximum atomic E-state index is 12.9. The van der Waals surface area contributed by atoms with Crippen molar-refractivity contribution in [2.24, 2.45) is 22.9 Å². The predicted octanol–water partition coefficient (Wildman–Crippen LogP) is 3.13. The number of alkyl halides is 3. The molecule has 1 aliphatic rings. The summed E-state index contributed by atoms with van der Waals surface area (Å²) in [6, 6.07) is 9.35. The van der Waals surface area contributed by atoms with Crippen molar-refractivity contribution in [3.05, 3.63) is 69.8 Å². The molecule has 1 aliphatic carbocycles. The fraction of sp³-hybridized carbons (Fsp3) is 0.273. The van der Waals surface area contributed by atoms with Crippen molar-refractivity contribution in [3.63, 3.8) is 0 Å². The molecule has 0 spiro atoms. The molecule has 35 heavy (non-hydrogen) atoms. The highest BCUT2D eigenvalue weighted by Gasteiger charge is 2.63. The van der Waals surface area contributed by atoms with E-state index in [1.54, 1.807) is 0 Å². The molecule has 0 unspecified atom stereocenters. The molecule has 3 atom stereocenters. The van der Waals surface area contributed by atoms with Gasteiger partial charge in [0.05, 0.1) is 41.1 Å². The third kappa shape index (κ3) is 6.19. The van der Waals surface area contributed by atoms with Crippen LogP contribution in [0.1, 0.15) is 18.1 Å². The number of carbonyl (C=O) groups is 3. The van der Waals surface area contributed by atoms with Crippen LogP contribution in [0.4, 0.5) is 24.5 Å². The summed E-state index contributed by atoms with van der Waals surface area (Å²) in [4.78, 5) is 47.7. The molecular formula is C22H19F3N4O6. The topological polar surface area (TPSA) is 140 Å². The number of ether oxygens (including phenoxy) is 1. The minimum atomic E-state index is -4.62. The zero-order valence-electron chi connectivity index (χ0n) is 18.1. The monoisotopic (exact) mass is 492 g/mol. The highest BCUT2D eigenvalue weighted by atomic mass is 19.4. The number of hydrogen-bond acceptors (Lipinski definition) is 7. The van der Waals surface area contributed by atoms with Gasteiger partial charge < -0.3 is 10.1 Å². The highest BCUT2D eigenvalue weighted by Crippen LogP contribution is 2.48. The third-order valence-electron chi connectivity index (χ3n) is 5.11. The normalized spacial score (nSPS) is 19.1. The molecular weight excluding hydrogens is 473 g/mol. The lowest BCUT2D eigenvalue weighted by Crippen LogP contribution is -2.24. The second kappa shape index (κ2) is 10.3. The van der Waals surface area contributed by atoms with E-state index < -0.39 is 52.2 Å². The number of halogens is 3. The second-order valence-electron chi connectivity index (χ2n) is 7.48. The summed E-state index contributed by atoms with van der Waals surface area (Å²) in [5.41, 5.74) is 1.18. The Balaban J connectivity index is 1.70. The molecule has 3 rings (SSSR count). The molecule has 2 aromatic carbocycles. The zero-order valence-corrected chi connectivity index (χ0v) is 18.1. The number of carbonyl (C=O) groups excluding carboxylic acids is 3. The fourth-order valence-corrected chi connectivity index (χ4v) is 3.46. The van der Waals surface area contributed by atoms with Gasteiger partial charge in [0.25, 0.3) is 5.69 Å². The maximum absolute atomic E-state index is 12.9. The Bertz CT molecular complexity index is 1180. The van der Waals surface area contributed by atoms with Crippen LogP contribution in [0.5, 0.6) is 0 Å². The van der Waals surface area contributed by atoms with E-state index >= 15 is 0 Å². The van der Waals surface area contributed by atoms with Gasteiger partial charge in [-0.25, -0.2) is 5.43 Å². The number of benzene rings is 2. The fourth-order valence-electron chi connectivity index (χ4n) is 3.46. The molecule has 0 radical (unpaired) electrons. The van der Waals surface area contributed by atoms with Gasteiger partial charge in [0.2, 0.25) is 11.8 Å². The lowest BCUT2D eigenvalue weighted by Gasteiger charge is -2.10. The molecule has 1 fully saturated rings. The molecule has 0 bridgehead atoms. The van der Waals surface area contributed by atoms with Gasteiger partial charge in [0, 0.05) is 23.4 Å². The van der Waals surface area contributed by atoms with Crippen LogP contribution in [0.2, 0.25) is 0 Å². The van der Waals surface area contributed by atoms with Crippen LogP contribution in [0, 0.1) is 27.9 Å². The van der Waals surface area contributed by atoms with Gasteiger partial charge in [-0.2, -0.15) is 18.3 Å². The quantitative estimate of drug-likeness (QED) is 0.251. The van der Waals surface area contributed by atoms with E-state index in [4.69, 9.17) is 4.74 Å². The summed E-state index contributed by atoms with van der Waals surface area (Å²) < 4.78 is 43.7. The van der Waals surface area contributed by atoms with E-state index in [0.29, 0.717) is 5.56 Å². The van der Waals surface area contributed by atoms with Crippen molar-refractivity contribution in [1.82, 2.24) is 5.43 Å². The second-order valence-corrected chi connectivity index (χ2v) is 7.48. The lowest BCUT2D eigenvalue weighted by atomic mass is 10.2. The van der Waals surface area contributed by atoms with E-state index in [9.17, 15) is 37.7 Å². The molecule has 0 saturated heterocycles. The number of non-ortho nitro benzene ring substituents is 1. The lowest BCUT2D eigenvalue weighted by molar-refractivity contribution is -0.384. The molecule has 13 heteroatoms. The number of esters is 1. The van der Waals surface area contributed by atoms with Crippen LogP contribution >= 0.6 is 0 Å². The Labute approximate surface area is 196 Å². The summed E-state index contributed by atoms with van der Waals surface area (Å²) >= 11 is 0. The van der Waals surface area contributed by atoms with Crippen molar-refractivity contribution in [3.8, 4) is 0 Å². The van der Waals surface area contributed by atoms with Crippen LogP contribution < -0.4 is 10.7 Å². The average molecular weight is 492 g/mol. The van der Waals surface area contributed by atoms with Crippen molar-refractivity contribution in [2.45, 2.75) is 13.1 Å². The molecule has 0 aromatic heterocycles. The Hall–Kier alpha value is -4.29. The van der Waals surface area contributed by atoms with Gasteiger partial charge in [-0.15, -0.1) is 0 Å². The van der Waals surface area contributed by atoms with Gasteiger partial charge in [-0.3, -0.25) is 24.5 Å². The third-order valence-corrected chi connectivity index (χ3v) is 5.11. The summed E-state index contributed by atoms with van der Waals surface area (Å²) in [5, 5.41) is 16.8. The van der Waals surface area contributed by atoms with Crippen LogP contribution in [0.25, 0.3) is 0 Å². The molecule has 1 saturated carbocycles. The predicted molar refractivity (Wildman–Crippen MR) is 116 cm³/mol. The van der Waals surface area contributed by atoms with Gasteiger partial charge in [0.15, 0.2) is 0 Å². The minimum absolute atomic E-state index is 0.00339. The van der Waals surface area contributed by atoms with Crippen LogP contribution in [0.15, 0.2) is 53.6 Å². The van der Waals surface area contributed by atoms with Gasteiger partial charge in [0.1, 0.15) is 0 Å². The minimum Gasteiger partial charge on any atom is -0.466 e. The van der Waals surface area contributed by atoms with Crippen molar-refractivity contribution in [1.29, 1.82) is 0 Å². The van der Waals surface area contributed by atoms with E-state index in [-0.39, 0.29) is 18.0 Å². The number of nitro groups is 1. The van der Waals surface area contributed by atoms with Crippen molar-refractivity contribution < 1.29 is 37.2 Å². The summed E-state index contributed by atoms with van der Waals surface area (Å²) in [6.45, 7) is 1.53. The number of amides is 2. The van der Waals surface area contributed by atoms with Gasteiger partial charge >= 0.3 is 12.1 Å². The molecule has 2 amide bonds. The standard InChI is InChI=1S/C22H19F3N4O6/c1-2-35-21(32)18-16(19(30)27-14-7-4-6-13(10-14)22(23,24)25)17(18)20(31)28-26-11-12-5-3-8-15(9-12)29(33)34/h3-11,16-18H,2H2,1H3,(H,27,30)(H,28,31)/b26-11+/t16-,17+,18-/m0/s1. The Morgan fingerprint density at radius 1 is 1.09 bits per heavy atom. The summed E-state index contributed by atoms with van der Waals surface area (Å²) in [6.07, 6.45) is -3.47. The van der Waals surface area contributed by atoms with E-state index in [1.807, 2.05) is 0 Å². The van der Waals surface area contributed by atoms with Crippen LogP contribution in [-0.2, 0) is 25.3 Å². The maximum Gasteiger partial charge on any atom is 0.416 e. The number of hydrogen-bond donors (Lipinski definition) is 2. The number of nitro benzene ring substituents is 1. The first-order chi connectivity index (χ1) is 16.5. The summed E-state index contributed by atoms with van der Waals surface area (Å²) in [7, 11) is 0. The SMILES string of the molecule is CCOC(=O)[C@@H]1[C@H](C(=O)N/N=C/c2cccc([N+](=O)[O-])c2)[C@@H]1C(=O)Nc1cccc(C(F)(F)F)c1. The number of anilines is 1. The number of nitrogens with one attached hydrogen (secondary N) is 2. The smallest absolute Gasteiger partial charge is 0.416 e. The molecule has 0 heterocycles. The van der Waals surface area contributed by atoms with E-state index in [0.717, 1.165) is 24.4 Å². The van der Waals surface area contributed by atoms with Gasteiger partial charge in [-0.05, 0) is 25.1 Å². The van der Waals surface area contributed by atoms with Crippen LogP contribution in [-0.4, -0.2) is 35.5 Å². The first kappa shape index (κ1) is 25.3. The Morgan fingerprint density at radius 3 is 2.43 bits per heavy atom. The molecule has 0 aliphatic heterocycles. The van der Waals surface area contributed by atoms with Crippen LogP contribution in [0.3, 0.4) is 0 Å². The molecule has 2 N–H and O–H groups in total. The van der Waals surface area contributed by atoms with E-state index in [1.165, 1.54) is 37.3 Å². The largest absolute Gasteiger partial charge is 0.466 e. The number of rotatable bonds is 8. The van der Waals surface area contributed by atoms with E-state index in [2.05, 4.69) is 15.8 Å². The highest BCUT2D eigenvalue weighted by molar-refractivity contribution is 6.05. The average Bonchev–Trinajstić information content (AvgIpc) is 3.55. The van der Waals surface area contributed by atoms with Crippen molar-refractivity contribution in [2.75, 3.05) is 11.9 Å². The summed E-state index contributed by atoms with van der Waals surface area (Å²) in [5.74, 6) is -5.92. The Morgan fingerprint density at radius 2 is 1.77 bits per heavy atom. The van der Waals surface area contributed by atoms with Gasteiger partial charge in [-0.1, -0.05) is 18.2 Å². The Kier molecular flexibility index (Phi) is 7.47. The zero-order chi connectivity index (χ0) is 25.8.